The maximum atomic E-state index is 6.03. The van der Waals surface area contributed by atoms with Gasteiger partial charge in [-0.1, -0.05) is 54.1 Å². The van der Waals surface area contributed by atoms with Crippen molar-refractivity contribution in [2.24, 2.45) is 0 Å². The SMILES string of the molecule is CN1CCC(=C2c3ccccc3[C@H]3O[C@H]3c3ccccc32)CC1. The molecule has 116 valence electrons. The lowest BCUT2D eigenvalue weighted by Gasteiger charge is -2.27. The molecule has 0 aromatic heterocycles. The first-order chi connectivity index (χ1) is 11.3. The zero-order chi connectivity index (χ0) is 15.4. The van der Waals surface area contributed by atoms with E-state index in [-0.39, 0.29) is 12.2 Å². The van der Waals surface area contributed by atoms with E-state index in [4.69, 9.17) is 4.74 Å². The maximum Gasteiger partial charge on any atom is 0.114 e. The average molecular weight is 303 g/mol. The quantitative estimate of drug-likeness (QED) is 0.673. The minimum Gasteiger partial charge on any atom is -0.359 e. The fourth-order valence-corrected chi connectivity index (χ4v) is 4.20. The third-order valence-corrected chi connectivity index (χ3v) is 5.51. The third-order valence-electron chi connectivity index (χ3n) is 5.51. The van der Waals surface area contributed by atoms with Crippen LogP contribution in [0.25, 0.3) is 5.57 Å². The number of hydrogen-bond acceptors (Lipinski definition) is 2. The van der Waals surface area contributed by atoms with Crippen molar-refractivity contribution in [3.05, 3.63) is 76.4 Å². The minimum atomic E-state index is 0.247. The van der Waals surface area contributed by atoms with Crippen molar-refractivity contribution in [2.45, 2.75) is 25.0 Å². The molecule has 0 saturated carbocycles. The molecule has 2 nitrogen and oxygen atoms in total. The van der Waals surface area contributed by atoms with Crippen LogP contribution in [0.1, 0.15) is 47.3 Å². The zero-order valence-corrected chi connectivity index (χ0v) is 13.5. The molecule has 0 bridgehead atoms. The van der Waals surface area contributed by atoms with Gasteiger partial charge in [0.25, 0.3) is 0 Å². The summed E-state index contributed by atoms with van der Waals surface area (Å²) >= 11 is 0. The Morgan fingerprint density at radius 1 is 0.826 bits per heavy atom. The summed E-state index contributed by atoms with van der Waals surface area (Å²) in [5.41, 5.74) is 8.63. The number of likely N-dealkylation sites (tertiary alicyclic amines) is 1. The number of piperidine rings is 1. The van der Waals surface area contributed by atoms with Crippen LogP contribution in [0.2, 0.25) is 0 Å². The molecule has 2 aromatic rings. The van der Waals surface area contributed by atoms with Gasteiger partial charge < -0.3 is 9.64 Å². The first-order valence-electron chi connectivity index (χ1n) is 8.57. The second kappa shape index (κ2) is 5.05. The van der Waals surface area contributed by atoms with Gasteiger partial charge in [0.1, 0.15) is 12.2 Å². The van der Waals surface area contributed by atoms with E-state index in [0.717, 1.165) is 13.1 Å². The predicted octanol–water partition coefficient (Wildman–Crippen LogP) is 4.34. The van der Waals surface area contributed by atoms with Crippen LogP contribution >= 0.6 is 0 Å². The Morgan fingerprint density at radius 2 is 1.35 bits per heavy atom. The Bertz CT molecular complexity index is 743. The van der Waals surface area contributed by atoms with Crippen LogP contribution < -0.4 is 0 Å². The lowest BCUT2D eigenvalue weighted by molar-refractivity contribution is 0.313. The fraction of sp³-hybridized carbons (Fsp3) is 0.333. The van der Waals surface area contributed by atoms with E-state index in [1.807, 2.05) is 0 Å². The number of epoxide rings is 1. The van der Waals surface area contributed by atoms with Gasteiger partial charge in [-0.15, -0.1) is 0 Å². The van der Waals surface area contributed by atoms with Crippen LogP contribution in [0.3, 0.4) is 0 Å². The number of ether oxygens (including phenoxy) is 1. The van der Waals surface area contributed by atoms with Crippen LogP contribution in [0.5, 0.6) is 0 Å². The van der Waals surface area contributed by atoms with Crippen molar-refractivity contribution < 1.29 is 4.74 Å². The number of hydrogen-bond donors (Lipinski definition) is 0. The van der Waals surface area contributed by atoms with E-state index in [1.54, 1.807) is 5.57 Å². The van der Waals surface area contributed by atoms with Crippen LogP contribution in [0.15, 0.2) is 54.1 Å². The van der Waals surface area contributed by atoms with Crippen LogP contribution in [-0.2, 0) is 4.74 Å². The van der Waals surface area contributed by atoms with Gasteiger partial charge in [-0.25, -0.2) is 0 Å². The molecular weight excluding hydrogens is 282 g/mol. The molecule has 0 amide bonds. The largest absolute Gasteiger partial charge is 0.359 e. The van der Waals surface area contributed by atoms with Gasteiger partial charge in [0.05, 0.1) is 0 Å². The molecule has 3 aliphatic rings. The second-order valence-corrected chi connectivity index (χ2v) is 6.93. The van der Waals surface area contributed by atoms with Crippen LogP contribution in [-0.4, -0.2) is 25.0 Å². The van der Waals surface area contributed by atoms with E-state index < -0.39 is 0 Å². The minimum absolute atomic E-state index is 0.247. The Balaban J connectivity index is 1.77. The Labute approximate surface area is 137 Å². The molecule has 5 rings (SSSR count). The van der Waals surface area contributed by atoms with Crippen molar-refractivity contribution in [3.63, 3.8) is 0 Å². The average Bonchev–Trinajstić information content (AvgIpc) is 3.38. The number of nitrogens with zero attached hydrogens (tertiary/aromatic N) is 1. The van der Waals surface area contributed by atoms with E-state index in [0.29, 0.717) is 0 Å². The summed E-state index contributed by atoms with van der Waals surface area (Å²) < 4.78 is 6.03. The normalized spacial score (nSPS) is 26.1. The summed E-state index contributed by atoms with van der Waals surface area (Å²) in [5.74, 6) is 0. The number of rotatable bonds is 0. The molecule has 2 atom stereocenters. The summed E-state index contributed by atoms with van der Waals surface area (Å²) in [7, 11) is 2.22. The summed E-state index contributed by atoms with van der Waals surface area (Å²) in [6.45, 7) is 2.32. The molecule has 2 aromatic carbocycles. The lowest BCUT2D eigenvalue weighted by atomic mass is 9.86. The van der Waals surface area contributed by atoms with Gasteiger partial charge in [0.2, 0.25) is 0 Å². The molecule has 2 aliphatic heterocycles. The molecule has 2 heteroatoms. The zero-order valence-electron chi connectivity index (χ0n) is 13.5. The molecule has 23 heavy (non-hydrogen) atoms. The van der Waals surface area contributed by atoms with Crippen molar-refractivity contribution in [1.29, 1.82) is 0 Å². The highest BCUT2D eigenvalue weighted by Gasteiger charge is 2.46. The monoisotopic (exact) mass is 303 g/mol. The molecule has 2 saturated heterocycles. The van der Waals surface area contributed by atoms with Crippen molar-refractivity contribution >= 4 is 5.57 Å². The molecule has 1 aliphatic carbocycles. The molecule has 0 radical (unpaired) electrons. The summed E-state index contributed by atoms with van der Waals surface area (Å²) in [5, 5.41) is 0. The van der Waals surface area contributed by atoms with Crippen molar-refractivity contribution in [1.82, 2.24) is 4.90 Å². The Morgan fingerprint density at radius 3 is 1.91 bits per heavy atom. The van der Waals surface area contributed by atoms with Gasteiger partial charge in [-0.2, -0.15) is 0 Å². The van der Waals surface area contributed by atoms with Crippen molar-refractivity contribution in [2.75, 3.05) is 20.1 Å². The maximum absolute atomic E-state index is 6.03. The van der Waals surface area contributed by atoms with Crippen LogP contribution in [0, 0.1) is 0 Å². The smallest absolute Gasteiger partial charge is 0.114 e. The topological polar surface area (TPSA) is 15.8 Å². The first-order valence-corrected chi connectivity index (χ1v) is 8.57. The molecule has 0 N–H and O–H groups in total. The number of fused-ring (bicyclic) bond motifs is 5. The van der Waals surface area contributed by atoms with E-state index in [2.05, 4.69) is 60.5 Å². The van der Waals surface area contributed by atoms with Crippen molar-refractivity contribution in [3.8, 4) is 0 Å². The molecule has 2 heterocycles. The fourth-order valence-electron chi connectivity index (χ4n) is 4.20. The summed E-state index contributed by atoms with van der Waals surface area (Å²) in [4.78, 5) is 2.43. The van der Waals surface area contributed by atoms with Gasteiger partial charge in [0.15, 0.2) is 0 Å². The molecule has 2 fully saturated rings. The molecular formula is C21H21NO. The molecule has 0 unspecified atom stereocenters. The lowest BCUT2D eigenvalue weighted by Crippen LogP contribution is -2.27. The Hall–Kier alpha value is -1.90. The van der Waals surface area contributed by atoms with E-state index >= 15 is 0 Å². The van der Waals surface area contributed by atoms with Crippen LogP contribution in [0.4, 0.5) is 0 Å². The standard InChI is InChI=1S/C21H21NO/c1-22-12-10-14(11-13-22)19-15-6-2-4-8-17(15)20-21(23-20)18-9-5-3-7-16(18)19/h2-9,20-21H,10-13H2,1H3/t20-,21+. The highest BCUT2D eigenvalue weighted by molar-refractivity contribution is 5.87. The predicted molar refractivity (Wildman–Crippen MR) is 92.2 cm³/mol. The number of benzene rings is 2. The highest BCUT2D eigenvalue weighted by Crippen LogP contribution is 2.57. The van der Waals surface area contributed by atoms with E-state index in [1.165, 1.54) is 40.7 Å². The van der Waals surface area contributed by atoms with Gasteiger partial charge >= 0.3 is 0 Å². The van der Waals surface area contributed by atoms with Gasteiger partial charge in [0, 0.05) is 13.1 Å². The second-order valence-electron chi connectivity index (χ2n) is 6.93. The molecule has 0 spiro atoms. The summed E-state index contributed by atoms with van der Waals surface area (Å²) in [6, 6.07) is 17.7. The Kier molecular flexibility index (Phi) is 2.97. The van der Waals surface area contributed by atoms with E-state index in [9.17, 15) is 0 Å². The third kappa shape index (κ3) is 2.09. The van der Waals surface area contributed by atoms with Gasteiger partial charge in [-0.3, -0.25) is 0 Å². The summed E-state index contributed by atoms with van der Waals surface area (Å²) in [6.07, 6.45) is 2.84. The highest BCUT2D eigenvalue weighted by atomic mass is 16.6. The first kappa shape index (κ1) is 13.5. The van der Waals surface area contributed by atoms with Gasteiger partial charge in [-0.05, 0) is 47.7 Å².